The zero-order valence-corrected chi connectivity index (χ0v) is 13.6. The minimum Gasteiger partial charge on any atom is -0.350 e. The summed E-state index contributed by atoms with van der Waals surface area (Å²) in [5, 5.41) is 3.11. The molecule has 1 saturated carbocycles. The number of aromatic nitrogens is 1. The third-order valence-corrected chi connectivity index (χ3v) is 4.71. The van der Waals surface area contributed by atoms with E-state index in [9.17, 15) is 4.79 Å². The molecule has 0 atom stereocenters. The fourth-order valence-corrected chi connectivity index (χ4v) is 3.02. The van der Waals surface area contributed by atoms with Crippen molar-refractivity contribution in [3.05, 3.63) is 22.4 Å². The minimum atomic E-state index is 0.0473. The Balaban J connectivity index is 2.00. The second-order valence-corrected chi connectivity index (χ2v) is 6.85. The summed E-state index contributed by atoms with van der Waals surface area (Å²) in [5.74, 6) is 0.688. The summed E-state index contributed by atoms with van der Waals surface area (Å²) in [6.07, 6.45) is 5.49. The van der Waals surface area contributed by atoms with Crippen LogP contribution >= 0.6 is 15.9 Å². The van der Waals surface area contributed by atoms with E-state index in [2.05, 4.69) is 42.0 Å². The van der Waals surface area contributed by atoms with Gasteiger partial charge in [-0.2, -0.15) is 0 Å². The van der Waals surface area contributed by atoms with Gasteiger partial charge in [0.25, 0.3) is 5.91 Å². The molecule has 0 radical (unpaired) electrons. The molecule has 1 N–H and O–H groups in total. The molecular weight excluding hydrogens is 304 g/mol. The number of hydrogen-bond donors (Lipinski definition) is 1. The molecule has 0 unspecified atom stereocenters. The van der Waals surface area contributed by atoms with Crippen molar-refractivity contribution in [1.29, 1.82) is 0 Å². The monoisotopic (exact) mass is 326 g/mol. The van der Waals surface area contributed by atoms with Crippen LogP contribution in [-0.4, -0.2) is 17.0 Å². The normalized spacial score (nSPS) is 16.7. The SMILES string of the molecule is CCCn1cc(Br)cc1C(=O)NCC1(C(C)C)CC1. The summed E-state index contributed by atoms with van der Waals surface area (Å²) >= 11 is 3.45. The van der Waals surface area contributed by atoms with Gasteiger partial charge in [-0.05, 0) is 52.6 Å². The fraction of sp³-hybridized carbons (Fsp3) is 0.667. The quantitative estimate of drug-likeness (QED) is 0.847. The number of carbonyl (C=O) groups is 1. The first kappa shape index (κ1) is 14.6. The lowest BCUT2D eigenvalue weighted by Gasteiger charge is -2.20. The molecule has 0 aromatic carbocycles. The topological polar surface area (TPSA) is 34.0 Å². The lowest BCUT2D eigenvalue weighted by molar-refractivity contribution is 0.0930. The van der Waals surface area contributed by atoms with Crippen LogP contribution in [0.2, 0.25) is 0 Å². The van der Waals surface area contributed by atoms with Crippen molar-refractivity contribution < 1.29 is 4.79 Å². The first-order chi connectivity index (χ1) is 8.98. The highest BCUT2D eigenvalue weighted by Gasteiger charge is 2.45. The van der Waals surface area contributed by atoms with Gasteiger partial charge in [0, 0.05) is 23.8 Å². The van der Waals surface area contributed by atoms with E-state index < -0.39 is 0 Å². The lowest BCUT2D eigenvalue weighted by Crippen LogP contribution is -2.33. The van der Waals surface area contributed by atoms with Crippen LogP contribution in [0.4, 0.5) is 0 Å². The molecule has 3 nitrogen and oxygen atoms in total. The molecule has 1 heterocycles. The second-order valence-electron chi connectivity index (χ2n) is 5.94. The van der Waals surface area contributed by atoms with Crippen LogP contribution in [0.1, 0.15) is 50.5 Å². The van der Waals surface area contributed by atoms with Crippen LogP contribution in [0.15, 0.2) is 16.7 Å². The first-order valence-electron chi connectivity index (χ1n) is 7.12. The maximum atomic E-state index is 12.3. The highest BCUT2D eigenvalue weighted by atomic mass is 79.9. The van der Waals surface area contributed by atoms with E-state index in [1.807, 2.05) is 16.8 Å². The molecule has 0 bridgehead atoms. The molecule has 1 amide bonds. The van der Waals surface area contributed by atoms with Crippen molar-refractivity contribution in [2.24, 2.45) is 11.3 Å². The largest absolute Gasteiger partial charge is 0.350 e. The highest BCUT2D eigenvalue weighted by Crippen LogP contribution is 2.51. The molecule has 19 heavy (non-hydrogen) atoms. The van der Waals surface area contributed by atoms with Gasteiger partial charge in [-0.25, -0.2) is 0 Å². The van der Waals surface area contributed by atoms with Gasteiger partial charge in [0.2, 0.25) is 0 Å². The maximum Gasteiger partial charge on any atom is 0.267 e. The summed E-state index contributed by atoms with van der Waals surface area (Å²) < 4.78 is 2.99. The smallest absolute Gasteiger partial charge is 0.267 e. The summed E-state index contributed by atoms with van der Waals surface area (Å²) in [6, 6.07) is 1.90. The van der Waals surface area contributed by atoms with Gasteiger partial charge in [0.15, 0.2) is 0 Å². The Bertz CT molecular complexity index is 461. The van der Waals surface area contributed by atoms with Crippen molar-refractivity contribution in [2.75, 3.05) is 6.54 Å². The molecule has 1 aromatic rings. The van der Waals surface area contributed by atoms with E-state index in [-0.39, 0.29) is 5.91 Å². The van der Waals surface area contributed by atoms with Gasteiger partial charge in [0.1, 0.15) is 5.69 Å². The van der Waals surface area contributed by atoms with Crippen molar-refractivity contribution in [2.45, 2.75) is 46.6 Å². The van der Waals surface area contributed by atoms with Gasteiger partial charge in [0.05, 0.1) is 0 Å². The van der Waals surface area contributed by atoms with E-state index in [1.165, 1.54) is 12.8 Å². The third kappa shape index (κ3) is 3.22. The van der Waals surface area contributed by atoms with Crippen LogP contribution in [0, 0.1) is 11.3 Å². The molecule has 4 heteroatoms. The van der Waals surface area contributed by atoms with Gasteiger partial charge >= 0.3 is 0 Å². The number of hydrogen-bond acceptors (Lipinski definition) is 1. The number of nitrogens with zero attached hydrogens (tertiary/aromatic N) is 1. The zero-order valence-electron chi connectivity index (χ0n) is 12.0. The van der Waals surface area contributed by atoms with Gasteiger partial charge in [-0.15, -0.1) is 0 Å². The van der Waals surface area contributed by atoms with Crippen molar-refractivity contribution in [3.8, 4) is 0 Å². The summed E-state index contributed by atoms with van der Waals surface area (Å²) in [4.78, 5) is 12.3. The number of rotatable bonds is 6. The Morgan fingerprint density at radius 1 is 1.53 bits per heavy atom. The fourth-order valence-electron chi connectivity index (χ4n) is 2.56. The predicted molar refractivity (Wildman–Crippen MR) is 81.3 cm³/mol. The van der Waals surface area contributed by atoms with E-state index >= 15 is 0 Å². The van der Waals surface area contributed by atoms with Crippen LogP contribution in [0.5, 0.6) is 0 Å². The molecule has 1 aromatic heterocycles. The molecule has 2 rings (SSSR count). The summed E-state index contributed by atoms with van der Waals surface area (Å²) in [6.45, 7) is 8.29. The Kier molecular flexibility index (Phi) is 4.39. The number of nitrogens with one attached hydrogen (secondary N) is 1. The van der Waals surface area contributed by atoms with E-state index in [0.717, 1.165) is 29.7 Å². The summed E-state index contributed by atoms with van der Waals surface area (Å²) in [5.41, 5.74) is 1.11. The summed E-state index contributed by atoms with van der Waals surface area (Å²) in [7, 11) is 0. The van der Waals surface area contributed by atoms with Crippen LogP contribution in [-0.2, 0) is 6.54 Å². The number of carbonyl (C=O) groups excluding carboxylic acids is 1. The average molecular weight is 327 g/mol. The van der Waals surface area contributed by atoms with Crippen LogP contribution in [0.25, 0.3) is 0 Å². The van der Waals surface area contributed by atoms with Crippen LogP contribution < -0.4 is 5.32 Å². The molecule has 1 aliphatic carbocycles. The Morgan fingerprint density at radius 2 is 2.21 bits per heavy atom. The number of aryl methyl sites for hydroxylation is 1. The van der Waals surface area contributed by atoms with E-state index in [4.69, 9.17) is 0 Å². The highest BCUT2D eigenvalue weighted by molar-refractivity contribution is 9.10. The van der Waals surface area contributed by atoms with Crippen molar-refractivity contribution >= 4 is 21.8 Å². The Morgan fingerprint density at radius 3 is 2.74 bits per heavy atom. The molecule has 106 valence electrons. The van der Waals surface area contributed by atoms with E-state index in [0.29, 0.717) is 11.3 Å². The van der Waals surface area contributed by atoms with Crippen LogP contribution in [0.3, 0.4) is 0 Å². The predicted octanol–water partition coefficient (Wildman–Crippen LogP) is 3.83. The third-order valence-electron chi connectivity index (χ3n) is 4.28. The standard InChI is InChI=1S/C15H23BrN2O/c1-4-7-18-9-12(16)8-13(18)14(19)17-10-15(5-6-15)11(2)3/h8-9,11H,4-7,10H2,1-3H3,(H,17,19). The first-order valence-corrected chi connectivity index (χ1v) is 7.91. The Labute approximate surface area is 123 Å². The molecule has 1 fully saturated rings. The maximum absolute atomic E-state index is 12.3. The molecule has 0 aliphatic heterocycles. The second kappa shape index (κ2) is 5.70. The van der Waals surface area contributed by atoms with Crippen molar-refractivity contribution in [3.63, 3.8) is 0 Å². The molecule has 0 saturated heterocycles. The minimum absolute atomic E-state index is 0.0473. The zero-order chi connectivity index (χ0) is 14.0. The van der Waals surface area contributed by atoms with Gasteiger partial charge in [-0.3, -0.25) is 4.79 Å². The molecular formula is C15H23BrN2O. The van der Waals surface area contributed by atoms with Crippen molar-refractivity contribution in [1.82, 2.24) is 9.88 Å². The average Bonchev–Trinajstić information content (AvgIpc) is 3.06. The Hall–Kier alpha value is -0.770. The van der Waals surface area contributed by atoms with E-state index in [1.54, 1.807) is 0 Å². The molecule has 1 aliphatic rings. The van der Waals surface area contributed by atoms with Gasteiger partial charge in [-0.1, -0.05) is 20.8 Å². The number of halogens is 1. The molecule has 0 spiro atoms. The van der Waals surface area contributed by atoms with Gasteiger partial charge < -0.3 is 9.88 Å². The lowest BCUT2D eigenvalue weighted by atomic mass is 9.92. The number of amides is 1.